The standard InChI is InChI=1S/C21H20ClN3O7/c1-30-17-7-6-12(22)8-14(17)24-20(29)21(10-19(27)28)9-15(25-32-21)13-4-2-3-5-16(13)31-11-18(23)26/h2-8H,9-11H2,1H3,(H2,23,26)(H,24,29)(H,27,28)/t21-/m1/s1. The molecule has 11 heteroatoms. The number of rotatable bonds is 9. The molecule has 168 valence electrons. The maximum absolute atomic E-state index is 13.2. The van der Waals surface area contributed by atoms with Crippen LogP contribution in [-0.2, 0) is 19.2 Å². The van der Waals surface area contributed by atoms with Gasteiger partial charge in [-0.25, -0.2) is 0 Å². The lowest BCUT2D eigenvalue weighted by atomic mass is 9.89. The third-order valence-corrected chi connectivity index (χ3v) is 4.85. The molecule has 2 aromatic rings. The number of amides is 2. The third kappa shape index (κ3) is 5.09. The summed E-state index contributed by atoms with van der Waals surface area (Å²) in [7, 11) is 1.42. The number of primary amides is 1. The van der Waals surface area contributed by atoms with Crippen LogP contribution in [0.5, 0.6) is 11.5 Å². The van der Waals surface area contributed by atoms with Crippen molar-refractivity contribution in [3.8, 4) is 11.5 Å². The molecule has 32 heavy (non-hydrogen) atoms. The zero-order chi connectivity index (χ0) is 23.3. The number of oxime groups is 1. The van der Waals surface area contributed by atoms with Gasteiger partial charge in [0.2, 0.25) is 5.60 Å². The second-order valence-corrected chi connectivity index (χ2v) is 7.36. The molecule has 0 saturated heterocycles. The predicted octanol–water partition coefficient (Wildman–Crippen LogP) is 2.19. The lowest BCUT2D eigenvalue weighted by Crippen LogP contribution is -2.45. The number of nitrogens with two attached hydrogens (primary N) is 1. The van der Waals surface area contributed by atoms with Crippen molar-refractivity contribution >= 4 is 40.8 Å². The van der Waals surface area contributed by atoms with Crippen molar-refractivity contribution in [1.29, 1.82) is 0 Å². The molecule has 2 aromatic carbocycles. The van der Waals surface area contributed by atoms with Crippen LogP contribution in [0.2, 0.25) is 5.02 Å². The van der Waals surface area contributed by atoms with E-state index < -0.39 is 29.8 Å². The van der Waals surface area contributed by atoms with Gasteiger partial charge < -0.3 is 30.5 Å². The van der Waals surface area contributed by atoms with Crippen molar-refractivity contribution < 1.29 is 33.8 Å². The summed E-state index contributed by atoms with van der Waals surface area (Å²) in [5, 5.41) is 16.3. The topological polar surface area (TPSA) is 150 Å². The number of nitrogens with zero attached hydrogens (tertiary/aromatic N) is 1. The summed E-state index contributed by atoms with van der Waals surface area (Å²) in [6.45, 7) is -0.361. The number of benzene rings is 2. The molecule has 0 aliphatic carbocycles. The van der Waals surface area contributed by atoms with E-state index in [4.69, 9.17) is 31.6 Å². The number of carbonyl (C=O) groups is 3. The molecule has 0 spiro atoms. The average Bonchev–Trinajstić information content (AvgIpc) is 3.17. The van der Waals surface area contributed by atoms with Crippen molar-refractivity contribution in [3.05, 3.63) is 53.1 Å². The fraction of sp³-hybridized carbons (Fsp3) is 0.238. The second kappa shape index (κ2) is 9.56. The van der Waals surface area contributed by atoms with Crippen LogP contribution in [0.25, 0.3) is 0 Å². The van der Waals surface area contributed by atoms with Crippen LogP contribution in [0.15, 0.2) is 47.6 Å². The number of para-hydroxylation sites is 1. The SMILES string of the molecule is COc1ccc(Cl)cc1NC(=O)[C@]1(CC(=O)O)CC(c2ccccc2OCC(N)=O)=NO1. The summed E-state index contributed by atoms with van der Waals surface area (Å²) in [5.41, 5.74) is 4.27. The van der Waals surface area contributed by atoms with E-state index in [0.717, 1.165) is 0 Å². The number of hydrogen-bond acceptors (Lipinski definition) is 7. The smallest absolute Gasteiger partial charge is 0.308 e. The highest BCUT2D eigenvalue weighted by atomic mass is 35.5. The first-order valence-corrected chi connectivity index (χ1v) is 9.74. The molecule has 0 radical (unpaired) electrons. The van der Waals surface area contributed by atoms with Gasteiger partial charge >= 0.3 is 5.97 Å². The summed E-state index contributed by atoms with van der Waals surface area (Å²) in [4.78, 5) is 41.2. The Kier molecular flexibility index (Phi) is 6.84. The Hall–Kier alpha value is -3.79. The lowest BCUT2D eigenvalue weighted by molar-refractivity contribution is -0.152. The van der Waals surface area contributed by atoms with Gasteiger partial charge in [0.15, 0.2) is 6.61 Å². The average molecular weight is 462 g/mol. The monoisotopic (exact) mass is 461 g/mol. The Morgan fingerprint density at radius 3 is 2.69 bits per heavy atom. The number of ether oxygens (including phenoxy) is 2. The molecular weight excluding hydrogens is 442 g/mol. The van der Waals surface area contributed by atoms with E-state index in [9.17, 15) is 19.5 Å². The number of carbonyl (C=O) groups excluding carboxylic acids is 2. The first kappa shape index (κ1) is 22.9. The second-order valence-electron chi connectivity index (χ2n) is 6.92. The van der Waals surface area contributed by atoms with E-state index in [1.165, 1.54) is 13.2 Å². The molecule has 3 rings (SSSR count). The van der Waals surface area contributed by atoms with Gasteiger partial charge in [0, 0.05) is 17.0 Å². The number of nitrogens with one attached hydrogen (secondary N) is 1. The Morgan fingerprint density at radius 2 is 2.00 bits per heavy atom. The molecule has 0 fully saturated rings. The van der Waals surface area contributed by atoms with E-state index >= 15 is 0 Å². The zero-order valence-electron chi connectivity index (χ0n) is 17.0. The summed E-state index contributed by atoms with van der Waals surface area (Å²) in [6, 6.07) is 11.2. The molecule has 0 aromatic heterocycles. The molecule has 10 nitrogen and oxygen atoms in total. The molecule has 1 aliphatic rings. The summed E-state index contributed by atoms with van der Waals surface area (Å²) in [6.07, 6.45) is -0.815. The molecular formula is C21H20ClN3O7. The maximum Gasteiger partial charge on any atom is 0.308 e. The number of carboxylic acid groups (broad SMARTS) is 1. The molecule has 1 heterocycles. The minimum absolute atomic E-state index is 0.162. The minimum atomic E-state index is -1.83. The number of methoxy groups -OCH3 is 1. The first-order chi connectivity index (χ1) is 15.2. The Bertz CT molecular complexity index is 1090. The Morgan fingerprint density at radius 1 is 1.25 bits per heavy atom. The lowest BCUT2D eigenvalue weighted by Gasteiger charge is -2.24. The normalized spacial score (nSPS) is 17.1. The van der Waals surface area contributed by atoms with Crippen LogP contribution in [-0.4, -0.2) is 47.9 Å². The van der Waals surface area contributed by atoms with Crippen LogP contribution >= 0.6 is 11.6 Å². The van der Waals surface area contributed by atoms with Crippen molar-refractivity contribution in [2.24, 2.45) is 10.9 Å². The van der Waals surface area contributed by atoms with Gasteiger partial charge in [0.25, 0.3) is 11.8 Å². The van der Waals surface area contributed by atoms with Crippen molar-refractivity contribution in [2.75, 3.05) is 19.0 Å². The third-order valence-electron chi connectivity index (χ3n) is 4.61. The fourth-order valence-electron chi connectivity index (χ4n) is 3.16. The van der Waals surface area contributed by atoms with Crippen molar-refractivity contribution in [1.82, 2.24) is 0 Å². The molecule has 1 aliphatic heterocycles. The van der Waals surface area contributed by atoms with Gasteiger partial charge in [-0.2, -0.15) is 0 Å². The van der Waals surface area contributed by atoms with Crippen LogP contribution in [0.3, 0.4) is 0 Å². The van der Waals surface area contributed by atoms with Gasteiger partial charge in [-0.1, -0.05) is 28.9 Å². The van der Waals surface area contributed by atoms with E-state index in [0.29, 0.717) is 16.3 Å². The maximum atomic E-state index is 13.2. The summed E-state index contributed by atoms with van der Waals surface area (Å²) in [5.74, 6) is -2.04. The Labute approximate surface area is 187 Å². The van der Waals surface area contributed by atoms with Crippen LogP contribution in [0, 0.1) is 0 Å². The van der Waals surface area contributed by atoms with Crippen molar-refractivity contribution in [2.45, 2.75) is 18.4 Å². The van der Waals surface area contributed by atoms with Gasteiger partial charge in [-0.05, 0) is 30.3 Å². The first-order valence-electron chi connectivity index (χ1n) is 9.36. The highest BCUT2D eigenvalue weighted by molar-refractivity contribution is 6.31. The predicted molar refractivity (Wildman–Crippen MR) is 115 cm³/mol. The van der Waals surface area contributed by atoms with Gasteiger partial charge in [0.05, 0.1) is 24.9 Å². The number of aliphatic carboxylic acids is 1. The van der Waals surface area contributed by atoms with E-state index in [2.05, 4.69) is 10.5 Å². The molecule has 0 saturated carbocycles. The van der Waals surface area contributed by atoms with E-state index in [1.54, 1.807) is 36.4 Å². The largest absolute Gasteiger partial charge is 0.495 e. The number of halogens is 1. The number of carboxylic acids is 1. The van der Waals surface area contributed by atoms with Gasteiger partial charge in [-0.15, -0.1) is 0 Å². The van der Waals surface area contributed by atoms with Crippen molar-refractivity contribution in [3.63, 3.8) is 0 Å². The van der Waals surface area contributed by atoms with Gasteiger partial charge in [0.1, 0.15) is 11.5 Å². The Balaban J connectivity index is 1.88. The summed E-state index contributed by atoms with van der Waals surface area (Å²) < 4.78 is 10.6. The fourth-order valence-corrected chi connectivity index (χ4v) is 3.33. The molecule has 0 bridgehead atoms. The van der Waals surface area contributed by atoms with E-state index in [-0.39, 0.29) is 30.2 Å². The van der Waals surface area contributed by atoms with E-state index in [1.807, 2.05) is 0 Å². The quantitative estimate of drug-likeness (QED) is 0.518. The molecule has 2 amide bonds. The summed E-state index contributed by atoms with van der Waals surface area (Å²) >= 11 is 6.01. The highest BCUT2D eigenvalue weighted by Crippen LogP contribution is 2.36. The minimum Gasteiger partial charge on any atom is -0.495 e. The number of anilines is 1. The van der Waals surface area contributed by atoms with Crippen LogP contribution in [0.1, 0.15) is 18.4 Å². The molecule has 4 N–H and O–H groups in total. The van der Waals surface area contributed by atoms with Gasteiger partial charge in [-0.3, -0.25) is 14.4 Å². The molecule has 1 atom stereocenters. The van der Waals surface area contributed by atoms with Crippen LogP contribution in [0.4, 0.5) is 5.69 Å². The zero-order valence-corrected chi connectivity index (χ0v) is 17.7. The highest BCUT2D eigenvalue weighted by Gasteiger charge is 2.49. The number of hydrogen-bond donors (Lipinski definition) is 3. The van der Waals surface area contributed by atoms with Crippen LogP contribution < -0.4 is 20.5 Å². The molecule has 0 unspecified atom stereocenters.